The van der Waals surface area contributed by atoms with Crippen LogP contribution in [-0.2, 0) is 0 Å². The predicted molar refractivity (Wildman–Crippen MR) is 77.1 cm³/mol. The Bertz CT molecular complexity index is 367. The Morgan fingerprint density at radius 3 is 3.00 bits per heavy atom. The van der Waals surface area contributed by atoms with Gasteiger partial charge in [0, 0.05) is 31.6 Å². The third kappa shape index (κ3) is 3.06. The predicted octanol–water partition coefficient (Wildman–Crippen LogP) is 2.84. The van der Waals surface area contributed by atoms with Crippen LogP contribution in [0.4, 0.5) is 11.4 Å². The highest BCUT2D eigenvalue weighted by atomic mass is 32.2. The average Bonchev–Trinajstić information content (AvgIpc) is 2.32. The molecule has 1 aliphatic rings. The zero-order valence-electron chi connectivity index (χ0n) is 10.8. The van der Waals surface area contributed by atoms with E-state index in [9.17, 15) is 0 Å². The van der Waals surface area contributed by atoms with E-state index in [4.69, 9.17) is 0 Å². The lowest BCUT2D eigenvalue weighted by molar-refractivity contribution is 0.617. The normalized spacial score (nSPS) is 24.4. The first-order valence-electron chi connectivity index (χ1n) is 6.18. The molecule has 2 rings (SSSR count). The lowest BCUT2D eigenvalue weighted by Gasteiger charge is -2.31. The third-order valence-corrected chi connectivity index (χ3v) is 4.61. The molecule has 1 fully saturated rings. The van der Waals surface area contributed by atoms with Crippen molar-refractivity contribution in [3.8, 4) is 0 Å². The van der Waals surface area contributed by atoms with Gasteiger partial charge in [-0.3, -0.25) is 4.98 Å². The molecule has 1 aromatic rings. The van der Waals surface area contributed by atoms with E-state index in [-0.39, 0.29) is 0 Å². The largest absolute Gasteiger partial charge is 0.378 e. The van der Waals surface area contributed by atoms with Gasteiger partial charge in [-0.1, -0.05) is 6.92 Å². The lowest BCUT2D eigenvalue weighted by atomic mass is 10.1. The number of aromatic nitrogens is 1. The Kier molecular flexibility index (Phi) is 4.15. The van der Waals surface area contributed by atoms with Crippen molar-refractivity contribution in [2.24, 2.45) is 0 Å². The van der Waals surface area contributed by atoms with Crippen molar-refractivity contribution in [2.45, 2.75) is 31.1 Å². The van der Waals surface area contributed by atoms with Crippen molar-refractivity contribution in [3.05, 3.63) is 18.5 Å². The molecule has 94 valence electrons. The fourth-order valence-corrected chi connectivity index (χ4v) is 3.34. The first-order chi connectivity index (χ1) is 8.18. The summed E-state index contributed by atoms with van der Waals surface area (Å²) in [5.41, 5.74) is 2.36. The van der Waals surface area contributed by atoms with Crippen molar-refractivity contribution in [2.75, 3.05) is 30.1 Å². The molecule has 3 nitrogen and oxygen atoms in total. The molecule has 0 aromatic carbocycles. The van der Waals surface area contributed by atoms with E-state index in [1.165, 1.54) is 24.3 Å². The van der Waals surface area contributed by atoms with Gasteiger partial charge in [0.25, 0.3) is 0 Å². The van der Waals surface area contributed by atoms with Gasteiger partial charge in [0.2, 0.25) is 0 Å². The van der Waals surface area contributed by atoms with Gasteiger partial charge in [0.05, 0.1) is 17.6 Å². The Hall–Kier alpha value is -0.900. The van der Waals surface area contributed by atoms with Crippen molar-refractivity contribution in [1.29, 1.82) is 0 Å². The summed E-state index contributed by atoms with van der Waals surface area (Å²) in [5.74, 6) is 1.30. The minimum Gasteiger partial charge on any atom is -0.378 e. The summed E-state index contributed by atoms with van der Waals surface area (Å²) in [5, 5.41) is 4.34. The highest BCUT2D eigenvalue weighted by Gasteiger charge is 2.22. The van der Waals surface area contributed by atoms with E-state index in [1.54, 1.807) is 0 Å². The number of nitrogens with one attached hydrogen (secondary N) is 1. The van der Waals surface area contributed by atoms with Crippen LogP contribution in [0.2, 0.25) is 0 Å². The first kappa shape index (κ1) is 12.6. The minimum absolute atomic E-state index is 0.566. The minimum atomic E-state index is 0.566. The van der Waals surface area contributed by atoms with E-state index < -0.39 is 0 Å². The number of pyridine rings is 1. The van der Waals surface area contributed by atoms with Gasteiger partial charge < -0.3 is 10.2 Å². The summed E-state index contributed by atoms with van der Waals surface area (Å²) < 4.78 is 0. The third-order valence-electron chi connectivity index (χ3n) is 3.23. The topological polar surface area (TPSA) is 28.2 Å². The number of hydrogen-bond donors (Lipinski definition) is 1. The lowest BCUT2D eigenvalue weighted by Crippen LogP contribution is -2.33. The summed E-state index contributed by atoms with van der Waals surface area (Å²) in [6, 6.07) is 2.62. The van der Waals surface area contributed by atoms with Gasteiger partial charge in [-0.25, -0.2) is 0 Å². The number of rotatable bonds is 3. The molecular weight excluding hydrogens is 230 g/mol. The molecule has 1 aromatic heterocycles. The number of hydrogen-bond acceptors (Lipinski definition) is 4. The van der Waals surface area contributed by atoms with Crippen molar-refractivity contribution >= 4 is 23.1 Å². The zero-order chi connectivity index (χ0) is 12.3. The molecule has 1 aliphatic heterocycles. The summed E-state index contributed by atoms with van der Waals surface area (Å²) in [6.45, 7) is 2.31. The Labute approximate surface area is 108 Å². The highest BCUT2D eigenvalue weighted by Crippen LogP contribution is 2.30. The molecule has 0 radical (unpaired) electrons. The van der Waals surface area contributed by atoms with Crippen molar-refractivity contribution in [1.82, 2.24) is 4.98 Å². The number of nitrogens with zero attached hydrogens (tertiary/aromatic N) is 2. The molecule has 17 heavy (non-hydrogen) atoms. The van der Waals surface area contributed by atoms with Crippen LogP contribution in [0.5, 0.6) is 0 Å². The second-order valence-electron chi connectivity index (χ2n) is 4.76. The SMILES string of the molecule is CC1SCCCC1Nc1cnccc1N(C)C. The van der Waals surface area contributed by atoms with Crippen molar-refractivity contribution in [3.63, 3.8) is 0 Å². The highest BCUT2D eigenvalue weighted by molar-refractivity contribution is 8.00. The first-order valence-corrected chi connectivity index (χ1v) is 7.23. The second kappa shape index (κ2) is 5.63. The Morgan fingerprint density at radius 1 is 1.47 bits per heavy atom. The van der Waals surface area contributed by atoms with Crippen LogP contribution in [0.3, 0.4) is 0 Å². The molecule has 0 bridgehead atoms. The maximum Gasteiger partial charge on any atom is 0.0766 e. The maximum absolute atomic E-state index is 4.22. The van der Waals surface area contributed by atoms with E-state index in [0.29, 0.717) is 11.3 Å². The summed E-state index contributed by atoms with van der Waals surface area (Å²) in [6.07, 6.45) is 6.35. The summed E-state index contributed by atoms with van der Waals surface area (Å²) in [4.78, 5) is 6.35. The zero-order valence-corrected chi connectivity index (χ0v) is 11.6. The smallest absolute Gasteiger partial charge is 0.0766 e. The molecule has 0 amide bonds. The Morgan fingerprint density at radius 2 is 2.29 bits per heavy atom. The fraction of sp³-hybridized carbons (Fsp3) is 0.615. The molecule has 0 spiro atoms. The summed E-state index contributed by atoms with van der Waals surface area (Å²) >= 11 is 2.06. The van der Waals surface area contributed by atoms with Crippen molar-refractivity contribution < 1.29 is 0 Å². The molecule has 4 heteroatoms. The molecular formula is C13H21N3S. The van der Waals surface area contributed by atoms with Crippen LogP contribution in [-0.4, -0.2) is 36.1 Å². The van der Waals surface area contributed by atoms with Crippen LogP contribution in [0.15, 0.2) is 18.5 Å². The van der Waals surface area contributed by atoms with Gasteiger partial charge in [-0.15, -0.1) is 0 Å². The van der Waals surface area contributed by atoms with E-state index >= 15 is 0 Å². The quantitative estimate of drug-likeness (QED) is 0.894. The maximum atomic E-state index is 4.22. The monoisotopic (exact) mass is 251 g/mol. The van der Waals surface area contributed by atoms with Gasteiger partial charge in [-0.2, -0.15) is 11.8 Å². The van der Waals surface area contributed by atoms with E-state index in [0.717, 1.165) is 5.69 Å². The molecule has 2 atom stereocenters. The van der Waals surface area contributed by atoms with Crippen LogP contribution in [0, 0.1) is 0 Å². The average molecular weight is 251 g/mol. The van der Waals surface area contributed by atoms with Crippen LogP contribution in [0.25, 0.3) is 0 Å². The van der Waals surface area contributed by atoms with Crippen LogP contribution in [0.1, 0.15) is 19.8 Å². The van der Waals surface area contributed by atoms with Crippen LogP contribution < -0.4 is 10.2 Å². The second-order valence-corrected chi connectivity index (χ2v) is 6.24. The number of thioether (sulfide) groups is 1. The molecule has 2 heterocycles. The number of anilines is 2. The summed E-state index contributed by atoms with van der Waals surface area (Å²) in [7, 11) is 4.14. The van der Waals surface area contributed by atoms with Gasteiger partial charge in [0.15, 0.2) is 0 Å². The van der Waals surface area contributed by atoms with Gasteiger partial charge in [0.1, 0.15) is 0 Å². The Balaban J connectivity index is 2.12. The fourth-order valence-electron chi connectivity index (χ4n) is 2.20. The van der Waals surface area contributed by atoms with E-state index in [2.05, 4.69) is 54.0 Å². The standard InChI is InChI=1S/C13H21N3S/c1-10-11(5-4-8-17-10)15-12-9-14-7-6-13(12)16(2)3/h6-7,9-11,15H,4-5,8H2,1-3H3. The molecule has 1 N–H and O–H groups in total. The van der Waals surface area contributed by atoms with Gasteiger partial charge >= 0.3 is 0 Å². The molecule has 0 aliphatic carbocycles. The molecule has 0 saturated carbocycles. The van der Waals surface area contributed by atoms with Crippen LogP contribution >= 0.6 is 11.8 Å². The van der Waals surface area contributed by atoms with Gasteiger partial charge in [-0.05, 0) is 24.7 Å². The molecule has 2 unspecified atom stereocenters. The molecule has 1 saturated heterocycles. The van der Waals surface area contributed by atoms with E-state index in [1.807, 2.05) is 12.4 Å².